The highest BCUT2D eigenvalue weighted by Gasteiger charge is 2.32. The lowest BCUT2D eigenvalue weighted by atomic mass is 10.0. The van der Waals surface area contributed by atoms with Crippen LogP contribution in [0.25, 0.3) is 6.08 Å². The minimum absolute atomic E-state index is 0.0642. The molecule has 2 N–H and O–H groups in total. The number of rotatable bonds is 5. The number of nitrogens with zero attached hydrogens (tertiary/aromatic N) is 1. The summed E-state index contributed by atoms with van der Waals surface area (Å²) in [5.74, 6) is 0.620. The highest BCUT2D eigenvalue weighted by molar-refractivity contribution is 7.16. The predicted molar refractivity (Wildman–Crippen MR) is 132 cm³/mol. The standard InChI is InChI=1S/C26H25N3O4S/c1-29-13-12-20-21(15-29)34-26-23(20)25(31)27-24(28-26)17-4-3-5-19(14-17)33-22(30)11-8-16-6-9-18(32-2)10-7-16/h3-11,14,24,28H,12-13,15H2,1-2H3,(H,27,31)/b11-8+. The van der Waals surface area contributed by atoms with Crippen LogP contribution in [-0.2, 0) is 17.8 Å². The summed E-state index contributed by atoms with van der Waals surface area (Å²) in [5.41, 5.74) is 3.61. The van der Waals surface area contributed by atoms with Crippen LogP contribution in [0, 0.1) is 0 Å². The fraction of sp³-hybridized carbons (Fsp3) is 0.231. The highest BCUT2D eigenvalue weighted by Crippen LogP contribution is 2.40. The van der Waals surface area contributed by atoms with E-state index in [-0.39, 0.29) is 5.91 Å². The van der Waals surface area contributed by atoms with E-state index in [2.05, 4.69) is 22.6 Å². The second-order valence-corrected chi connectivity index (χ2v) is 9.45. The van der Waals surface area contributed by atoms with Crippen molar-refractivity contribution in [2.75, 3.05) is 26.0 Å². The summed E-state index contributed by atoms with van der Waals surface area (Å²) in [4.78, 5) is 28.8. The number of benzene rings is 2. The van der Waals surface area contributed by atoms with Gasteiger partial charge in [-0.2, -0.15) is 0 Å². The Kier molecular flexibility index (Phi) is 6.08. The van der Waals surface area contributed by atoms with Gasteiger partial charge in [0, 0.05) is 24.0 Å². The van der Waals surface area contributed by atoms with E-state index in [1.54, 1.807) is 36.7 Å². The molecule has 1 aromatic heterocycles. The molecule has 0 radical (unpaired) electrons. The van der Waals surface area contributed by atoms with Gasteiger partial charge >= 0.3 is 5.97 Å². The largest absolute Gasteiger partial charge is 0.497 e. The average molecular weight is 476 g/mol. The van der Waals surface area contributed by atoms with E-state index in [0.717, 1.165) is 52.5 Å². The zero-order chi connectivity index (χ0) is 23.7. The molecule has 0 saturated heterocycles. The van der Waals surface area contributed by atoms with E-state index in [1.165, 1.54) is 11.0 Å². The maximum absolute atomic E-state index is 12.9. The number of hydrogen-bond donors (Lipinski definition) is 2. The Labute approximate surface area is 202 Å². The van der Waals surface area contributed by atoms with Crippen LogP contribution in [0.1, 0.15) is 38.1 Å². The van der Waals surface area contributed by atoms with Crippen molar-refractivity contribution < 1.29 is 19.1 Å². The Bertz CT molecular complexity index is 1270. The van der Waals surface area contributed by atoms with E-state index in [9.17, 15) is 9.59 Å². The summed E-state index contributed by atoms with van der Waals surface area (Å²) in [6.07, 6.45) is 3.56. The van der Waals surface area contributed by atoms with Crippen LogP contribution in [0.15, 0.2) is 54.6 Å². The third-order valence-corrected chi connectivity index (χ3v) is 7.11. The van der Waals surface area contributed by atoms with Crippen LogP contribution in [-0.4, -0.2) is 37.5 Å². The van der Waals surface area contributed by atoms with Gasteiger partial charge in [-0.3, -0.25) is 4.79 Å². The van der Waals surface area contributed by atoms with Crippen molar-refractivity contribution >= 4 is 34.3 Å². The molecule has 1 amide bonds. The number of likely N-dealkylation sites (N-methyl/N-ethyl adjacent to an activating group) is 1. The van der Waals surface area contributed by atoms with Crippen LogP contribution in [0.2, 0.25) is 0 Å². The van der Waals surface area contributed by atoms with Gasteiger partial charge in [-0.05, 0) is 60.5 Å². The minimum atomic E-state index is -0.481. The molecule has 1 unspecified atom stereocenters. The second-order valence-electron chi connectivity index (χ2n) is 8.35. The fourth-order valence-electron chi connectivity index (χ4n) is 4.20. The molecule has 8 heteroatoms. The molecule has 7 nitrogen and oxygen atoms in total. The topological polar surface area (TPSA) is 79.9 Å². The first-order valence-electron chi connectivity index (χ1n) is 11.0. The van der Waals surface area contributed by atoms with E-state index >= 15 is 0 Å². The Morgan fingerprint density at radius 3 is 2.76 bits per heavy atom. The summed E-state index contributed by atoms with van der Waals surface area (Å²) in [6.45, 7) is 1.81. The molecular formula is C26H25N3O4S. The number of methoxy groups -OCH3 is 1. The number of ether oxygens (including phenoxy) is 2. The molecule has 3 heterocycles. The normalized spacial score (nSPS) is 17.5. The molecule has 3 aromatic rings. The number of thiophene rings is 1. The SMILES string of the molecule is COc1ccc(/C=C/C(=O)Oc2cccc(C3NC(=O)c4c(sc5c4CCN(C)C5)N3)c2)cc1. The van der Waals surface area contributed by atoms with E-state index in [1.807, 2.05) is 36.4 Å². The van der Waals surface area contributed by atoms with Crippen LogP contribution >= 0.6 is 11.3 Å². The van der Waals surface area contributed by atoms with Gasteiger partial charge in [-0.1, -0.05) is 24.3 Å². The summed E-state index contributed by atoms with van der Waals surface area (Å²) in [5, 5.41) is 7.41. The Balaban J connectivity index is 1.28. The van der Waals surface area contributed by atoms with E-state index in [4.69, 9.17) is 9.47 Å². The second kappa shape index (κ2) is 9.32. The fourth-order valence-corrected chi connectivity index (χ4v) is 5.55. The van der Waals surface area contributed by atoms with Crippen molar-refractivity contribution in [2.24, 2.45) is 0 Å². The van der Waals surface area contributed by atoms with Gasteiger partial charge < -0.3 is 25.0 Å². The maximum atomic E-state index is 12.9. The summed E-state index contributed by atoms with van der Waals surface area (Å²) < 4.78 is 10.6. The first kappa shape index (κ1) is 22.2. The number of carbonyl (C=O) groups excluding carboxylic acids is 2. The van der Waals surface area contributed by atoms with E-state index < -0.39 is 12.1 Å². The van der Waals surface area contributed by atoms with Crippen molar-refractivity contribution in [3.8, 4) is 11.5 Å². The number of amides is 1. The molecule has 34 heavy (non-hydrogen) atoms. The predicted octanol–water partition coefficient (Wildman–Crippen LogP) is 4.22. The minimum Gasteiger partial charge on any atom is -0.497 e. The number of anilines is 1. The zero-order valence-electron chi connectivity index (χ0n) is 19.0. The van der Waals surface area contributed by atoms with Crippen LogP contribution in [0.3, 0.4) is 0 Å². The van der Waals surface area contributed by atoms with Gasteiger partial charge in [0.15, 0.2) is 0 Å². The smallest absolute Gasteiger partial charge is 0.336 e. The number of carbonyl (C=O) groups is 2. The van der Waals surface area contributed by atoms with Crippen molar-refractivity contribution in [1.29, 1.82) is 0 Å². The van der Waals surface area contributed by atoms with Gasteiger partial charge in [0.05, 0.1) is 12.7 Å². The first-order chi connectivity index (χ1) is 16.5. The lowest BCUT2D eigenvalue weighted by Crippen LogP contribution is -2.38. The molecule has 0 spiro atoms. The quantitative estimate of drug-likeness (QED) is 0.327. The molecule has 0 saturated carbocycles. The Morgan fingerprint density at radius 1 is 1.15 bits per heavy atom. The third-order valence-electron chi connectivity index (χ3n) is 5.96. The van der Waals surface area contributed by atoms with Crippen molar-refractivity contribution in [2.45, 2.75) is 19.1 Å². The lowest BCUT2D eigenvalue weighted by molar-refractivity contribution is -0.128. The number of esters is 1. The van der Waals surface area contributed by atoms with Crippen molar-refractivity contribution in [1.82, 2.24) is 10.2 Å². The number of fused-ring (bicyclic) bond motifs is 3. The molecule has 1 atom stereocenters. The van der Waals surface area contributed by atoms with Gasteiger partial charge in [-0.15, -0.1) is 11.3 Å². The molecule has 5 rings (SSSR count). The van der Waals surface area contributed by atoms with Gasteiger partial charge in [0.2, 0.25) is 0 Å². The van der Waals surface area contributed by atoms with Crippen molar-refractivity contribution in [3.63, 3.8) is 0 Å². The highest BCUT2D eigenvalue weighted by atomic mass is 32.1. The Hall–Kier alpha value is -3.62. The van der Waals surface area contributed by atoms with Gasteiger partial charge in [-0.25, -0.2) is 4.79 Å². The lowest BCUT2D eigenvalue weighted by Gasteiger charge is -2.27. The molecule has 0 fully saturated rings. The van der Waals surface area contributed by atoms with Crippen LogP contribution in [0.5, 0.6) is 11.5 Å². The molecular weight excluding hydrogens is 450 g/mol. The molecule has 0 bridgehead atoms. The number of nitrogens with one attached hydrogen (secondary N) is 2. The summed E-state index contributed by atoms with van der Waals surface area (Å²) >= 11 is 1.65. The third kappa shape index (κ3) is 4.55. The molecule has 2 aromatic carbocycles. The number of hydrogen-bond acceptors (Lipinski definition) is 7. The zero-order valence-corrected chi connectivity index (χ0v) is 19.8. The van der Waals surface area contributed by atoms with Crippen molar-refractivity contribution in [3.05, 3.63) is 81.7 Å². The first-order valence-corrected chi connectivity index (χ1v) is 11.9. The summed E-state index contributed by atoms with van der Waals surface area (Å²) in [7, 11) is 3.70. The Morgan fingerprint density at radius 2 is 1.97 bits per heavy atom. The summed E-state index contributed by atoms with van der Waals surface area (Å²) in [6, 6.07) is 14.6. The maximum Gasteiger partial charge on any atom is 0.336 e. The van der Waals surface area contributed by atoms with Gasteiger partial charge in [0.25, 0.3) is 5.91 Å². The van der Waals surface area contributed by atoms with Gasteiger partial charge in [0.1, 0.15) is 22.7 Å². The van der Waals surface area contributed by atoms with Crippen LogP contribution in [0.4, 0.5) is 5.00 Å². The molecule has 2 aliphatic heterocycles. The molecule has 174 valence electrons. The average Bonchev–Trinajstić information content (AvgIpc) is 3.21. The molecule has 2 aliphatic rings. The molecule has 0 aliphatic carbocycles. The van der Waals surface area contributed by atoms with E-state index in [0.29, 0.717) is 5.75 Å². The monoisotopic (exact) mass is 475 g/mol. The van der Waals surface area contributed by atoms with Crippen LogP contribution < -0.4 is 20.1 Å².